The van der Waals surface area contributed by atoms with Gasteiger partial charge in [-0.2, -0.15) is 0 Å². The molecular weight excluding hydrogens is 1550 g/mol. The van der Waals surface area contributed by atoms with Crippen molar-refractivity contribution in [3.8, 4) is 0 Å². The van der Waals surface area contributed by atoms with Crippen LogP contribution in [-0.4, -0.2) is 81.5 Å². The van der Waals surface area contributed by atoms with Crippen molar-refractivity contribution in [1.82, 2.24) is 0 Å². The zero-order valence-electron chi connectivity index (χ0n) is 16.1. The van der Waals surface area contributed by atoms with E-state index in [-0.39, 0.29) is 234 Å². The van der Waals surface area contributed by atoms with Crippen molar-refractivity contribution < 1.29 is 291 Å². The molecule has 0 rings (SSSR count). The first-order chi connectivity index (χ1) is 12.0. The summed E-state index contributed by atoms with van der Waals surface area (Å²) < 4.78 is 0. The van der Waals surface area contributed by atoms with Gasteiger partial charge in [-0.1, -0.05) is 0 Å². The van der Waals surface area contributed by atoms with Gasteiger partial charge in [0.05, 0.1) is 0 Å². The fourth-order valence-electron chi connectivity index (χ4n) is 0. The zero-order chi connectivity index (χ0) is 24.0. The summed E-state index contributed by atoms with van der Waals surface area (Å²) >= 11 is 0. The van der Waals surface area contributed by atoms with Gasteiger partial charge in [-0.15, -0.1) is 0 Å². The molecule has 12 radical (unpaired) electrons. The molecule has 0 amide bonds. The molecule has 0 aliphatic carbocycles. The second-order valence-electron chi connectivity index (χ2n) is 0. The van der Waals surface area contributed by atoms with Gasteiger partial charge < -0.3 is 57.5 Å². The van der Waals surface area contributed by atoms with Crippen LogP contribution in [0, 0.1) is 0 Å². The van der Waals surface area contributed by atoms with Crippen LogP contribution in [0.1, 0.15) is 0 Å². The minimum Gasteiger partial charge on any atom is -0.545 e. The van der Waals surface area contributed by atoms with E-state index >= 15 is 0 Å². The Hall–Kier alpha value is 3.52. The SMILES string of the molecule is [CH-]=O.[CH-]=O.[CH-]=O.[CH-]=O.[CH-]=O.[CH-]=O.[CH-]=O.[CH-]=O.[CH-]=O.[CH-]=O.[CH-]=O.[CH-]=O.[Ru+].[Ru+].[Ru+].[Ru+].[Ru+].[Ru+].[Ru+].[Ru+].[Ru+].[Ru+].[Ru+].[Ru+]. The molecule has 228 valence electrons. The van der Waals surface area contributed by atoms with Crippen LogP contribution in [0.4, 0.5) is 0 Å². The van der Waals surface area contributed by atoms with E-state index in [4.69, 9.17) is 57.5 Å². The molecule has 0 aliphatic rings. The number of hydrogen-bond donors (Lipinski definition) is 0. The first-order valence-electron chi connectivity index (χ1n) is 2.83. The summed E-state index contributed by atoms with van der Waals surface area (Å²) in [6.07, 6.45) is 0. The fraction of sp³-hybridized carbons (Fsp3) is 0. The Morgan fingerprint density at radius 1 is 0.111 bits per heavy atom. The Morgan fingerprint density at radius 3 is 0.111 bits per heavy atom. The standard InChI is InChI=1S/12CHO.12Ru/c12*1-2;;;;;;;;;;;;/h12*1H;;;;;;;;;;;;/q12*-1;12*+1. The summed E-state index contributed by atoms with van der Waals surface area (Å²) in [4.78, 5) is 93.0. The summed E-state index contributed by atoms with van der Waals surface area (Å²) in [5.41, 5.74) is 0. The maximum Gasteiger partial charge on any atom is 1.00 e. The summed E-state index contributed by atoms with van der Waals surface area (Å²) in [5, 5.41) is 0. The van der Waals surface area contributed by atoms with Gasteiger partial charge in [0, 0.05) is 0 Å². The van der Waals surface area contributed by atoms with E-state index < -0.39 is 0 Å². The van der Waals surface area contributed by atoms with E-state index in [1.165, 1.54) is 0 Å². The van der Waals surface area contributed by atoms with Crippen LogP contribution in [0.15, 0.2) is 0 Å². The van der Waals surface area contributed by atoms with E-state index in [9.17, 15) is 0 Å². The van der Waals surface area contributed by atoms with Crippen LogP contribution < -0.4 is 0 Å². The van der Waals surface area contributed by atoms with Crippen molar-refractivity contribution in [2.24, 2.45) is 0 Å². The van der Waals surface area contributed by atoms with E-state index in [1.807, 2.05) is 0 Å². The first-order valence-corrected chi connectivity index (χ1v) is 2.83. The van der Waals surface area contributed by atoms with Gasteiger partial charge in [0.1, 0.15) is 0 Å². The second kappa shape index (κ2) is 4380. The van der Waals surface area contributed by atoms with E-state index in [2.05, 4.69) is 81.5 Å². The molecule has 36 heavy (non-hydrogen) atoms. The molecule has 0 heterocycles. The monoisotopic (exact) mass is 1570 g/mol. The van der Waals surface area contributed by atoms with Crippen LogP contribution in [-0.2, 0) is 291 Å². The number of hydrogen-bond acceptors (Lipinski definition) is 12. The Bertz CT molecular complexity index is 100. The first kappa shape index (κ1) is 243. The van der Waals surface area contributed by atoms with Gasteiger partial charge in [0.25, 0.3) is 0 Å². The normalized spacial score (nSPS) is 1.33. The Balaban J connectivity index is -0.00000000193. The van der Waals surface area contributed by atoms with Crippen LogP contribution in [0.2, 0.25) is 0 Å². The third-order valence-corrected chi connectivity index (χ3v) is 0. The maximum atomic E-state index is 7.75. The van der Waals surface area contributed by atoms with Gasteiger partial charge in [0.2, 0.25) is 0 Å². The smallest absolute Gasteiger partial charge is 0.545 e. The fourth-order valence-corrected chi connectivity index (χ4v) is 0. The van der Waals surface area contributed by atoms with Crippen molar-refractivity contribution in [1.29, 1.82) is 0 Å². The van der Waals surface area contributed by atoms with Crippen LogP contribution in [0.3, 0.4) is 0 Å². The topological polar surface area (TPSA) is 205 Å². The average molecular weight is 1560 g/mol. The third-order valence-electron chi connectivity index (χ3n) is 0. The Kier molecular flexibility index (Phi) is 29600. The molecule has 0 aromatic carbocycles. The molecule has 0 unspecified atom stereocenters. The van der Waals surface area contributed by atoms with Gasteiger partial charge >= 0.3 is 234 Å². The second-order valence-corrected chi connectivity index (χ2v) is 0. The van der Waals surface area contributed by atoms with E-state index in [0.29, 0.717) is 0 Å². The summed E-state index contributed by atoms with van der Waals surface area (Å²) in [5.74, 6) is 0. The van der Waals surface area contributed by atoms with Crippen LogP contribution in [0.5, 0.6) is 0 Å². The molecule has 0 bridgehead atoms. The molecule has 0 saturated carbocycles. The molecular formula is C12H12O12Ru12. The summed E-state index contributed by atoms with van der Waals surface area (Å²) in [6, 6.07) is 0. The molecule has 0 atom stereocenters. The minimum atomic E-state index is 0. The van der Waals surface area contributed by atoms with E-state index in [0.717, 1.165) is 0 Å². The van der Waals surface area contributed by atoms with Crippen LogP contribution in [0.25, 0.3) is 0 Å². The van der Waals surface area contributed by atoms with Crippen LogP contribution >= 0.6 is 0 Å². The van der Waals surface area contributed by atoms with Crippen molar-refractivity contribution >= 4 is 81.5 Å². The average Bonchev–Trinajstić information content (AvgIpc) is 2.84. The molecule has 0 saturated heterocycles. The quantitative estimate of drug-likeness (QED) is 0.133. The maximum absolute atomic E-state index is 7.75. The molecule has 0 aromatic heterocycles. The van der Waals surface area contributed by atoms with Gasteiger partial charge in [0.15, 0.2) is 0 Å². The van der Waals surface area contributed by atoms with Gasteiger partial charge in [-0.25, -0.2) is 0 Å². The Morgan fingerprint density at radius 2 is 0.111 bits per heavy atom. The summed E-state index contributed by atoms with van der Waals surface area (Å²) in [6.45, 7) is 39.0. The molecule has 0 aliphatic heterocycles. The molecule has 0 fully saturated rings. The van der Waals surface area contributed by atoms with Crippen molar-refractivity contribution in [2.75, 3.05) is 0 Å². The van der Waals surface area contributed by atoms with Gasteiger partial charge in [-0.3, -0.25) is 81.5 Å². The zero-order valence-corrected chi connectivity index (χ0v) is 36.9. The molecule has 0 N–H and O–H groups in total. The number of carbonyl (C=O) groups excluding carboxylic acids is 12. The molecule has 12 nitrogen and oxygen atoms in total. The molecule has 24 heteroatoms. The van der Waals surface area contributed by atoms with Crippen molar-refractivity contribution in [2.45, 2.75) is 0 Å². The third kappa shape index (κ3) is 4040. The molecule has 0 spiro atoms. The molecule has 0 aromatic rings. The largest absolute Gasteiger partial charge is 1.00 e. The van der Waals surface area contributed by atoms with Crippen molar-refractivity contribution in [3.63, 3.8) is 0 Å². The van der Waals surface area contributed by atoms with Gasteiger partial charge in [-0.05, 0) is 0 Å². The van der Waals surface area contributed by atoms with Crippen molar-refractivity contribution in [3.05, 3.63) is 0 Å². The summed E-state index contributed by atoms with van der Waals surface area (Å²) in [7, 11) is 0. The number of rotatable bonds is 0. The minimum absolute atomic E-state index is 0. The predicted molar refractivity (Wildman–Crippen MR) is 81.0 cm³/mol. The predicted octanol–water partition coefficient (Wildman–Crippen LogP) is -3.32. The Labute approximate surface area is 366 Å². The van der Waals surface area contributed by atoms with E-state index in [1.54, 1.807) is 0 Å².